The van der Waals surface area contributed by atoms with E-state index in [4.69, 9.17) is 27.4 Å². The molecule has 0 saturated carbocycles. The molecule has 2 atom stereocenters. The van der Waals surface area contributed by atoms with Crippen molar-refractivity contribution in [2.45, 2.75) is 45.2 Å². The molecule has 0 radical (unpaired) electrons. The van der Waals surface area contributed by atoms with Gasteiger partial charge >= 0.3 is 0 Å². The van der Waals surface area contributed by atoms with Crippen LogP contribution in [0.15, 0.2) is 30.5 Å². The van der Waals surface area contributed by atoms with Crippen LogP contribution in [0.2, 0.25) is 5.02 Å². The number of nitrogens with one attached hydrogen (secondary N) is 2. The molecule has 4 rings (SSSR count). The smallest absolute Gasteiger partial charge is 0.256 e. The van der Waals surface area contributed by atoms with Crippen LogP contribution >= 0.6 is 23.5 Å². The molecule has 33 heavy (non-hydrogen) atoms. The van der Waals surface area contributed by atoms with Crippen molar-refractivity contribution in [3.63, 3.8) is 0 Å². The molecule has 3 aromatic rings. The summed E-state index contributed by atoms with van der Waals surface area (Å²) in [7, 11) is 0. The quantitative estimate of drug-likeness (QED) is 0.421. The van der Waals surface area contributed by atoms with Crippen molar-refractivity contribution in [3.05, 3.63) is 52.3 Å². The lowest BCUT2D eigenvalue weighted by molar-refractivity contribution is 0.0607. The Balaban J connectivity index is 1.66. The van der Waals surface area contributed by atoms with Crippen LogP contribution in [0.4, 0.5) is 11.5 Å². The number of carbonyl (C=O) groups is 1. The third-order valence-corrected chi connectivity index (χ3v) is 6.43. The van der Waals surface area contributed by atoms with E-state index in [9.17, 15) is 4.79 Å². The van der Waals surface area contributed by atoms with Gasteiger partial charge < -0.3 is 20.7 Å². The summed E-state index contributed by atoms with van der Waals surface area (Å²) in [6, 6.07) is 7.26. The van der Waals surface area contributed by atoms with Gasteiger partial charge in [-0.1, -0.05) is 23.5 Å². The standard InChI is InChI=1S/C23H30ClN7OS/c1-14-13-31-21(27-22(14)26-12-15(2)25)11-19(28-31)20-6-4-5-9-30(20)23(32)17-10-16(24)7-8-18(17)29-33-3/h7-8,10-11,13,15,20,29H,4-6,9,12,25H2,1-3H3,(H,26,27). The molecule has 0 aliphatic carbocycles. The Hall–Kier alpha value is -2.49. The van der Waals surface area contributed by atoms with Gasteiger partial charge in [0, 0.05) is 48.2 Å². The zero-order valence-corrected chi connectivity index (χ0v) is 20.7. The fourth-order valence-electron chi connectivity index (χ4n) is 4.16. The van der Waals surface area contributed by atoms with Crippen molar-refractivity contribution < 1.29 is 4.79 Å². The molecule has 1 fully saturated rings. The summed E-state index contributed by atoms with van der Waals surface area (Å²) < 4.78 is 4.99. The predicted octanol–water partition coefficient (Wildman–Crippen LogP) is 4.51. The van der Waals surface area contributed by atoms with E-state index in [1.54, 1.807) is 16.6 Å². The highest BCUT2D eigenvalue weighted by atomic mass is 35.5. The Morgan fingerprint density at radius 1 is 1.36 bits per heavy atom. The number of nitrogens with zero attached hydrogens (tertiary/aromatic N) is 4. The minimum absolute atomic E-state index is 0.0293. The molecule has 2 aromatic heterocycles. The van der Waals surface area contributed by atoms with Crippen LogP contribution in [0.5, 0.6) is 0 Å². The number of hydrogen-bond donors (Lipinski definition) is 3. The van der Waals surface area contributed by atoms with E-state index >= 15 is 0 Å². The maximum atomic E-state index is 13.6. The van der Waals surface area contributed by atoms with Gasteiger partial charge in [-0.25, -0.2) is 9.50 Å². The lowest BCUT2D eigenvalue weighted by Crippen LogP contribution is -2.39. The first-order chi connectivity index (χ1) is 15.9. The first kappa shape index (κ1) is 23.7. The lowest BCUT2D eigenvalue weighted by atomic mass is 9.98. The highest BCUT2D eigenvalue weighted by Crippen LogP contribution is 2.34. The van der Waals surface area contributed by atoms with Gasteiger partial charge in [0.05, 0.1) is 23.0 Å². The zero-order valence-electron chi connectivity index (χ0n) is 19.1. The van der Waals surface area contributed by atoms with Crippen LogP contribution in [0, 0.1) is 6.92 Å². The van der Waals surface area contributed by atoms with E-state index in [0.29, 0.717) is 23.7 Å². The Morgan fingerprint density at radius 3 is 2.94 bits per heavy atom. The fraction of sp³-hybridized carbons (Fsp3) is 0.435. The van der Waals surface area contributed by atoms with Crippen molar-refractivity contribution in [2.24, 2.45) is 5.73 Å². The van der Waals surface area contributed by atoms with E-state index in [1.165, 1.54) is 11.9 Å². The SMILES string of the molecule is CSNc1ccc(Cl)cc1C(=O)N1CCCCC1c1cc2nc(NCC(C)N)c(C)cn2n1. The number of carbonyl (C=O) groups excluding carboxylic acids is 1. The van der Waals surface area contributed by atoms with Crippen molar-refractivity contribution in [2.75, 3.05) is 29.4 Å². The van der Waals surface area contributed by atoms with Gasteiger partial charge in [0.2, 0.25) is 0 Å². The zero-order chi connectivity index (χ0) is 23.5. The maximum Gasteiger partial charge on any atom is 0.256 e. The first-order valence-electron chi connectivity index (χ1n) is 11.1. The minimum Gasteiger partial charge on any atom is -0.368 e. The highest BCUT2D eigenvalue weighted by molar-refractivity contribution is 7.99. The molecule has 1 amide bonds. The monoisotopic (exact) mass is 487 g/mol. The van der Waals surface area contributed by atoms with Crippen molar-refractivity contribution in [3.8, 4) is 0 Å². The Bertz CT molecular complexity index is 1150. The van der Waals surface area contributed by atoms with Gasteiger partial charge in [-0.3, -0.25) is 4.79 Å². The van der Waals surface area contributed by atoms with Gasteiger partial charge in [0.1, 0.15) is 5.82 Å². The minimum atomic E-state index is -0.116. The van der Waals surface area contributed by atoms with E-state index in [-0.39, 0.29) is 18.0 Å². The molecule has 1 aromatic carbocycles. The topological polar surface area (TPSA) is 101 Å². The number of fused-ring (bicyclic) bond motifs is 1. The normalized spacial score (nSPS) is 17.2. The van der Waals surface area contributed by atoms with Crippen LogP contribution in [0.25, 0.3) is 5.65 Å². The fourth-order valence-corrected chi connectivity index (χ4v) is 4.73. The van der Waals surface area contributed by atoms with Crippen molar-refractivity contribution in [1.82, 2.24) is 19.5 Å². The molecule has 2 unspecified atom stereocenters. The summed E-state index contributed by atoms with van der Waals surface area (Å²) in [4.78, 5) is 20.3. The number of aryl methyl sites for hydroxylation is 1. The number of halogens is 1. The molecule has 3 heterocycles. The van der Waals surface area contributed by atoms with E-state index in [1.807, 2.05) is 43.3 Å². The van der Waals surface area contributed by atoms with Crippen LogP contribution in [-0.2, 0) is 0 Å². The first-order valence-corrected chi connectivity index (χ1v) is 12.7. The number of benzene rings is 1. The number of amides is 1. The Morgan fingerprint density at radius 2 is 2.18 bits per heavy atom. The second-order valence-electron chi connectivity index (χ2n) is 8.51. The Kier molecular flexibility index (Phi) is 7.31. The summed E-state index contributed by atoms with van der Waals surface area (Å²) in [6.45, 7) is 5.26. The maximum absolute atomic E-state index is 13.6. The molecule has 10 heteroatoms. The number of rotatable bonds is 7. The molecule has 1 aliphatic rings. The number of nitrogens with two attached hydrogens (primary N) is 1. The van der Waals surface area contributed by atoms with Gasteiger partial charge in [-0.2, -0.15) is 5.10 Å². The van der Waals surface area contributed by atoms with Gasteiger partial charge in [0.25, 0.3) is 5.91 Å². The average Bonchev–Trinajstić information content (AvgIpc) is 3.20. The molecule has 8 nitrogen and oxygen atoms in total. The third kappa shape index (κ3) is 5.20. The summed E-state index contributed by atoms with van der Waals surface area (Å²) >= 11 is 7.68. The van der Waals surface area contributed by atoms with Crippen molar-refractivity contribution in [1.29, 1.82) is 0 Å². The van der Waals surface area contributed by atoms with Gasteiger partial charge in [-0.15, -0.1) is 0 Å². The molecule has 0 bridgehead atoms. The molecule has 1 saturated heterocycles. The molecule has 176 valence electrons. The number of anilines is 2. The molecule has 4 N–H and O–H groups in total. The number of hydrogen-bond acceptors (Lipinski definition) is 7. The second kappa shape index (κ2) is 10.2. The third-order valence-electron chi connectivity index (χ3n) is 5.77. The molecular formula is C23H30ClN7OS. The number of aromatic nitrogens is 3. The largest absolute Gasteiger partial charge is 0.368 e. The summed E-state index contributed by atoms with van der Waals surface area (Å²) in [5, 5.41) is 8.64. The van der Waals surface area contributed by atoms with E-state index in [0.717, 1.165) is 47.7 Å². The average molecular weight is 488 g/mol. The second-order valence-corrected chi connectivity index (χ2v) is 9.56. The van der Waals surface area contributed by atoms with Crippen LogP contribution in [0.1, 0.15) is 53.8 Å². The van der Waals surface area contributed by atoms with Crippen LogP contribution in [0.3, 0.4) is 0 Å². The summed E-state index contributed by atoms with van der Waals surface area (Å²) in [5.41, 5.74) is 9.79. The molecular weight excluding hydrogens is 458 g/mol. The Labute approximate surface area is 203 Å². The summed E-state index contributed by atoms with van der Waals surface area (Å²) in [6.07, 6.45) is 6.75. The van der Waals surface area contributed by atoms with Crippen LogP contribution in [-0.4, -0.2) is 50.8 Å². The van der Waals surface area contributed by atoms with Crippen LogP contribution < -0.4 is 15.8 Å². The summed E-state index contributed by atoms with van der Waals surface area (Å²) in [5.74, 6) is 0.758. The highest BCUT2D eigenvalue weighted by Gasteiger charge is 2.32. The van der Waals surface area contributed by atoms with Gasteiger partial charge in [0.15, 0.2) is 5.65 Å². The molecule has 1 aliphatic heterocycles. The van der Waals surface area contributed by atoms with Gasteiger partial charge in [-0.05, 0) is 51.3 Å². The molecule has 0 spiro atoms. The van der Waals surface area contributed by atoms with E-state index in [2.05, 4.69) is 10.0 Å². The lowest BCUT2D eigenvalue weighted by Gasteiger charge is -2.35. The van der Waals surface area contributed by atoms with Crippen molar-refractivity contribution >= 4 is 46.6 Å². The predicted molar refractivity (Wildman–Crippen MR) is 136 cm³/mol. The number of likely N-dealkylation sites (tertiary alicyclic amines) is 1. The number of piperidine rings is 1. The van der Waals surface area contributed by atoms with E-state index < -0.39 is 0 Å².